The number of Topliss-reactive ketones (excluding diaryl/α,β-unsaturated/α-hetero) is 1. The maximum atomic E-state index is 13.1. The Morgan fingerprint density at radius 3 is 1.77 bits per heavy atom. The van der Waals surface area contributed by atoms with Crippen LogP contribution >= 0.6 is 0 Å². The van der Waals surface area contributed by atoms with Crippen LogP contribution in [0, 0.1) is 17.8 Å². The molecular weight excluding hydrogens is 326 g/mol. The summed E-state index contributed by atoms with van der Waals surface area (Å²) in [5.74, 6) is -0.0106. The molecule has 2 saturated carbocycles. The van der Waals surface area contributed by atoms with Crippen molar-refractivity contribution in [2.24, 2.45) is 17.8 Å². The second kappa shape index (κ2) is 11.1. The van der Waals surface area contributed by atoms with E-state index < -0.39 is 12.0 Å². The highest BCUT2D eigenvalue weighted by atomic mass is 16.3. The molecule has 2 fully saturated rings. The van der Waals surface area contributed by atoms with Gasteiger partial charge in [0.15, 0.2) is 5.78 Å². The minimum Gasteiger partial charge on any atom is -0.385 e. The molecule has 0 saturated heterocycles. The summed E-state index contributed by atoms with van der Waals surface area (Å²) in [5.41, 5.74) is 0. The van der Waals surface area contributed by atoms with Crippen molar-refractivity contribution in [3.63, 3.8) is 0 Å². The number of amides is 1. The summed E-state index contributed by atoms with van der Waals surface area (Å²) >= 11 is 0. The number of ketones is 1. The largest absolute Gasteiger partial charge is 0.385 e. The van der Waals surface area contributed by atoms with Crippen LogP contribution in [-0.4, -0.2) is 40.9 Å². The standard InChI is InChI=1S/C22H39NO3/c1-3-23(4-2)22(26)19(15-17-11-7-5-8-12-17)21(25)20(24)16-18-13-9-6-10-14-18/h17-20,24H,3-16H2,1-2H3/t19-,20+/m0/s1. The van der Waals surface area contributed by atoms with Crippen LogP contribution in [0.3, 0.4) is 0 Å². The second-order valence-corrected chi connectivity index (χ2v) is 8.46. The molecule has 1 amide bonds. The van der Waals surface area contributed by atoms with Crippen LogP contribution in [0.5, 0.6) is 0 Å². The zero-order valence-electron chi connectivity index (χ0n) is 16.9. The molecule has 0 bridgehead atoms. The Bertz CT molecular complexity index is 435. The third kappa shape index (κ3) is 6.07. The van der Waals surface area contributed by atoms with E-state index in [4.69, 9.17) is 0 Å². The molecule has 0 unspecified atom stereocenters. The van der Waals surface area contributed by atoms with Crippen LogP contribution < -0.4 is 0 Å². The van der Waals surface area contributed by atoms with E-state index in [1.165, 1.54) is 38.5 Å². The number of aliphatic hydroxyl groups is 1. The van der Waals surface area contributed by atoms with Crippen LogP contribution in [0.2, 0.25) is 0 Å². The van der Waals surface area contributed by atoms with Gasteiger partial charge >= 0.3 is 0 Å². The van der Waals surface area contributed by atoms with Crippen LogP contribution in [0.25, 0.3) is 0 Å². The fraction of sp³-hybridized carbons (Fsp3) is 0.909. The third-order valence-corrected chi connectivity index (χ3v) is 6.62. The number of rotatable bonds is 9. The van der Waals surface area contributed by atoms with E-state index in [2.05, 4.69) is 0 Å². The van der Waals surface area contributed by atoms with Crippen LogP contribution in [0.1, 0.15) is 90.9 Å². The van der Waals surface area contributed by atoms with Gasteiger partial charge in [-0.25, -0.2) is 0 Å². The zero-order valence-corrected chi connectivity index (χ0v) is 16.9. The highest BCUT2D eigenvalue weighted by molar-refractivity contribution is 6.03. The topological polar surface area (TPSA) is 57.6 Å². The van der Waals surface area contributed by atoms with Gasteiger partial charge in [0.25, 0.3) is 0 Å². The average Bonchev–Trinajstić information content (AvgIpc) is 2.68. The zero-order chi connectivity index (χ0) is 18.9. The molecule has 2 aliphatic rings. The molecule has 150 valence electrons. The molecule has 4 nitrogen and oxygen atoms in total. The summed E-state index contributed by atoms with van der Waals surface area (Å²) in [6.45, 7) is 5.18. The van der Waals surface area contributed by atoms with E-state index in [1.54, 1.807) is 4.90 Å². The van der Waals surface area contributed by atoms with Gasteiger partial charge < -0.3 is 10.0 Å². The van der Waals surface area contributed by atoms with Gasteiger partial charge in [0, 0.05) is 13.1 Å². The van der Waals surface area contributed by atoms with E-state index in [1.807, 2.05) is 13.8 Å². The lowest BCUT2D eigenvalue weighted by molar-refractivity contribution is -0.146. The quantitative estimate of drug-likeness (QED) is 0.618. The summed E-state index contributed by atoms with van der Waals surface area (Å²) in [6, 6.07) is 0. The van der Waals surface area contributed by atoms with Crippen molar-refractivity contribution in [3.8, 4) is 0 Å². The van der Waals surface area contributed by atoms with Gasteiger partial charge in [-0.15, -0.1) is 0 Å². The smallest absolute Gasteiger partial charge is 0.233 e. The summed E-state index contributed by atoms with van der Waals surface area (Å²) in [4.78, 5) is 27.8. The van der Waals surface area contributed by atoms with Gasteiger partial charge in [-0.1, -0.05) is 64.2 Å². The molecule has 2 rings (SSSR count). The molecule has 0 aromatic rings. The van der Waals surface area contributed by atoms with Gasteiger partial charge in [-0.2, -0.15) is 0 Å². The Balaban J connectivity index is 2.04. The van der Waals surface area contributed by atoms with Crippen LogP contribution in [0.4, 0.5) is 0 Å². The first-order valence-corrected chi connectivity index (χ1v) is 11.1. The summed E-state index contributed by atoms with van der Waals surface area (Å²) in [6.07, 6.45) is 12.0. The molecule has 2 atom stereocenters. The normalized spacial score (nSPS) is 22.0. The Hall–Kier alpha value is -0.900. The number of hydrogen-bond acceptors (Lipinski definition) is 3. The molecule has 4 heteroatoms. The Kier molecular flexibility index (Phi) is 9.10. The fourth-order valence-corrected chi connectivity index (χ4v) is 4.94. The maximum absolute atomic E-state index is 13.1. The fourth-order valence-electron chi connectivity index (χ4n) is 4.94. The lowest BCUT2D eigenvalue weighted by Crippen LogP contribution is -2.44. The first-order chi connectivity index (χ1) is 12.6. The monoisotopic (exact) mass is 365 g/mol. The first-order valence-electron chi connectivity index (χ1n) is 11.1. The number of hydrogen-bond donors (Lipinski definition) is 1. The molecule has 0 aromatic heterocycles. The highest BCUT2D eigenvalue weighted by Crippen LogP contribution is 2.32. The highest BCUT2D eigenvalue weighted by Gasteiger charge is 2.36. The molecule has 1 N–H and O–H groups in total. The number of carbonyl (C=O) groups excluding carboxylic acids is 2. The van der Waals surface area contributed by atoms with E-state index >= 15 is 0 Å². The van der Waals surface area contributed by atoms with E-state index in [0.717, 1.165) is 25.7 Å². The van der Waals surface area contributed by atoms with Crippen molar-refractivity contribution in [3.05, 3.63) is 0 Å². The van der Waals surface area contributed by atoms with Crippen molar-refractivity contribution >= 4 is 11.7 Å². The molecule has 0 heterocycles. The molecule has 0 radical (unpaired) electrons. The third-order valence-electron chi connectivity index (χ3n) is 6.62. The predicted octanol–water partition coefficient (Wildman–Crippen LogP) is 4.34. The van der Waals surface area contributed by atoms with Crippen LogP contribution in [0.15, 0.2) is 0 Å². The first kappa shape index (κ1) is 21.4. The second-order valence-electron chi connectivity index (χ2n) is 8.46. The van der Waals surface area contributed by atoms with Gasteiger partial charge in [0.2, 0.25) is 5.91 Å². The van der Waals surface area contributed by atoms with E-state index in [9.17, 15) is 14.7 Å². The predicted molar refractivity (Wildman–Crippen MR) is 105 cm³/mol. The number of nitrogens with zero attached hydrogens (tertiary/aromatic N) is 1. The van der Waals surface area contributed by atoms with Crippen molar-refractivity contribution in [2.75, 3.05) is 13.1 Å². The molecule has 2 aliphatic carbocycles. The lowest BCUT2D eigenvalue weighted by atomic mass is 9.78. The van der Waals surface area contributed by atoms with Crippen LogP contribution in [-0.2, 0) is 9.59 Å². The summed E-state index contributed by atoms with van der Waals surface area (Å²) in [5, 5.41) is 10.6. The van der Waals surface area contributed by atoms with Gasteiger partial charge in [0.1, 0.15) is 6.10 Å². The molecule has 0 spiro atoms. The molecule has 0 aliphatic heterocycles. The van der Waals surface area contributed by atoms with Crippen molar-refractivity contribution in [1.82, 2.24) is 4.90 Å². The van der Waals surface area contributed by atoms with Gasteiger partial charge in [-0.3, -0.25) is 9.59 Å². The van der Waals surface area contributed by atoms with Gasteiger partial charge in [0.05, 0.1) is 5.92 Å². The van der Waals surface area contributed by atoms with Gasteiger partial charge in [-0.05, 0) is 38.5 Å². The minimum atomic E-state index is -0.966. The Morgan fingerprint density at radius 1 is 0.846 bits per heavy atom. The Labute approximate surface area is 159 Å². The number of carbonyl (C=O) groups is 2. The molecule has 0 aromatic carbocycles. The summed E-state index contributed by atoms with van der Waals surface area (Å²) in [7, 11) is 0. The maximum Gasteiger partial charge on any atom is 0.233 e. The molecular formula is C22H39NO3. The lowest BCUT2D eigenvalue weighted by Gasteiger charge is -2.31. The van der Waals surface area contributed by atoms with E-state index in [0.29, 0.717) is 37.8 Å². The average molecular weight is 366 g/mol. The number of aliphatic hydroxyl groups excluding tert-OH is 1. The van der Waals surface area contributed by atoms with E-state index in [-0.39, 0.29) is 11.7 Å². The Morgan fingerprint density at radius 2 is 1.31 bits per heavy atom. The summed E-state index contributed by atoms with van der Waals surface area (Å²) < 4.78 is 0. The van der Waals surface area contributed by atoms with Crippen molar-refractivity contribution in [1.29, 1.82) is 0 Å². The minimum absolute atomic E-state index is 0.0618. The SMILES string of the molecule is CCN(CC)C(=O)[C@@H](CC1CCCCC1)C(=O)[C@H](O)CC1CCCCC1. The van der Waals surface area contributed by atoms with Crippen molar-refractivity contribution in [2.45, 2.75) is 97.0 Å². The molecule has 26 heavy (non-hydrogen) atoms. The van der Waals surface area contributed by atoms with Crippen molar-refractivity contribution < 1.29 is 14.7 Å².